The first-order chi connectivity index (χ1) is 15.2. The standard InChI is InChI=1S/C26H30N2O3/c1-28(16-20-9-12-27-13-10-20)17-23-15-22(24-5-3-4-6-26(24)29-2)7-8-25(23)31-19-21-11-14-30-18-21/h3-10,12-13,15,21H,11,14,16-19H2,1-2H3. The van der Waals surface area contributed by atoms with Gasteiger partial charge in [0.2, 0.25) is 0 Å². The van der Waals surface area contributed by atoms with Gasteiger partial charge in [0.05, 0.1) is 20.3 Å². The van der Waals surface area contributed by atoms with Gasteiger partial charge in [0, 0.05) is 49.1 Å². The Labute approximate surface area is 184 Å². The smallest absolute Gasteiger partial charge is 0.126 e. The van der Waals surface area contributed by atoms with E-state index in [1.807, 2.05) is 30.6 Å². The molecule has 1 aliphatic rings. The summed E-state index contributed by atoms with van der Waals surface area (Å²) in [4.78, 5) is 6.41. The van der Waals surface area contributed by atoms with Crippen LogP contribution in [0.5, 0.6) is 11.5 Å². The number of hydrogen-bond acceptors (Lipinski definition) is 5. The average molecular weight is 419 g/mol. The van der Waals surface area contributed by atoms with Crippen molar-refractivity contribution in [1.82, 2.24) is 9.88 Å². The van der Waals surface area contributed by atoms with Crippen LogP contribution in [-0.4, -0.2) is 43.9 Å². The minimum Gasteiger partial charge on any atom is -0.496 e. The Hall–Kier alpha value is -2.89. The van der Waals surface area contributed by atoms with Gasteiger partial charge in [0.1, 0.15) is 11.5 Å². The zero-order valence-corrected chi connectivity index (χ0v) is 18.3. The zero-order chi connectivity index (χ0) is 21.5. The molecule has 5 nitrogen and oxygen atoms in total. The van der Waals surface area contributed by atoms with Gasteiger partial charge in [0.15, 0.2) is 0 Å². The first kappa shape index (κ1) is 21.3. The molecule has 0 radical (unpaired) electrons. The number of benzene rings is 2. The monoisotopic (exact) mass is 418 g/mol. The Morgan fingerprint density at radius 3 is 2.65 bits per heavy atom. The molecule has 1 unspecified atom stereocenters. The van der Waals surface area contributed by atoms with Crippen molar-refractivity contribution < 1.29 is 14.2 Å². The third-order valence-corrected chi connectivity index (χ3v) is 5.62. The van der Waals surface area contributed by atoms with Crippen LogP contribution in [0.15, 0.2) is 67.0 Å². The van der Waals surface area contributed by atoms with E-state index < -0.39 is 0 Å². The van der Waals surface area contributed by atoms with Crippen molar-refractivity contribution in [2.24, 2.45) is 5.92 Å². The van der Waals surface area contributed by atoms with Crippen LogP contribution in [0.3, 0.4) is 0 Å². The molecule has 1 aromatic heterocycles. The van der Waals surface area contributed by atoms with E-state index in [1.54, 1.807) is 7.11 Å². The summed E-state index contributed by atoms with van der Waals surface area (Å²) in [6.45, 7) is 3.94. The molecule has 1 fully saturated rings. The molecular weight excluding hydrogens is 388 g/mol. The minimum absolute atomic E-state index is 0.469. The van der Waals surface area contributed by atoms with E-state index >= 15 is 0 Å². The normalized spacial score (nSPS) is 15.9. The van der Waals surface area contributed by atoms with Gasteiger partial charge in [-0.25, -0.2) is 0 Å². The molecule has 1 aliphatic heterocycles. The van der Waals surface area contributed by atoms with Gasteiger partial charge in [0.25, 0.3) is 0 Å². The molecule has 2 aromatic carbocycles. The highest BCUT2D eigenvalue weighted by molar-refractivity contribution is 5.71. The molecule has 0 saturated carbocycles. The highest BCUT2D eigenvalue weighted by Crippen LogP contribution is 2.33. The molecule has 1 atom stereocenters. The third-order valence-electron chi connectivity index (χ3n) is 5.62. The lowest BCUT2D eigenvalue weighted by molar-refractivity contribution is 0.166. The van der Waals surface area contributed by atoms with Crippen LogP contribution in [0.2, 0.25) is 0 Å². The predicted octanol–water partition coefficient (Wildman–Crippen LogP) is 4.80. The van der Waals surface area contributed by atoms with Crippen molar-refractivity contribution in [2.45, 2.75) is 19.5 Å². The summed E-state index contributed by atoms with van der Waals surface area (Å²) in [5, 5.41) is 0. The van der Waals surface area contributed by atoms with E-state index in [1.165, 1.54) is 11.1 Å². The molecule has 0 aliphatic carbocycles. The summed E-state index contributed by atoms with van der Waals surface area (Å²) >= 11 is 0. The van der Waals surface area contributed by atoms with Crippen LogP contribution in [0.25, 0.3) is 11.1 Å². The topological polar surface area (TPSA) is 43.8 Å². The second-order valence-corrected chi connectivity index (χ2v) is 8.09. The van der Waals surface area contributed by atoms with Crippen LogP contribution in [0.1, 0.15) is 17.5 Å². The van der Waals surface area contributed by atoms with E-state index in [-0.39, 0.29) is 0 Å². The first-order valence-electron chi connectivity index (χ1n) is 10.8. The number of methoxy groups -OCH3 is 1. The van der Waals surface area contributed by atoms with Crippen molar-refractivity contribution in [3.63, 3.8) is 0 Å². The van der Waals surface area contributed by atoms with E-state index in [2.05, 4.69) is 53.3 Å². The van der Waals surface area contributed by atoms with Gasteiger partial charge in [-0.15, -0.1) is 0 Å². The lowest BCUT2D eigenvalue weighted by Gasteiger charge is -2.21. The van der Waals surface area contributed by atoms with Gasteiger partial charge in [-0.1, -0.05) is 24.3 Å². The molecule has 2 heterocycles. The lowest BCUT2D eigenvalue weighted by atomic mass is 10.0. The Morgan fingerprint density at radius 2 is 1.87 bits per heavy atom. The fourth-order valence-corrected chi connectivity index (χ4v) is 3.96. The number of hydrogen-bond donors (Lipinski definition) is 0. The van der Waals surface area contributed by atoms with Gasteiger partial charge in [-0.3, -0.25) is 9.88 Å². The number of rotatable bonds is 9. The molecule has 1 saturated heterocycles. The maximum atomic E-state index is 6.27. The van der Waals surface area contributed by atoms with Gasteiger partial charge in [-0.2, -0.15) is 0 Å². The van der Waals surface area contributed by atoms with Crippen LogP contribution in [-0.2, 0) is 17.8 Å². The first-order valence-corrected chi connectivity index (χ1v) is 10.8. The SMILES string of the molecule is COc1ccccc1-c1ccc(OCC2CCOC2)c(CN(C)Cc2ccncc2)c1. The van der Waals surface area contributed by atoms with Gasteiger partial charge < -0.3 is 14.2 Å². The number of nitrogens with zero attached hydrogens (tertiary/aromatic N) is 2. The lowest BCUT2D eigenvalue weighted by Crippen LogP contribution is -2.19. The Bertz CT molecular complexity index is 971. The highest BCUT2D eigenvalue weighted by Gasteiger charge is 2.18. The summed E-state index contributed by atoms with van der Waals surface area (Å²) in [6, 6.07) is 18.7. The summed E-state index contributed by atoms with van der Waals surface area (Å²) in [7, 11) is 3.84. The van der Waals surface area contributed by atoms with Crippen LogP contribution in [0, 0.1) is 5.92 Å². The molecule has 0 spiro atoms. The summed E-state index contributed by atoms with van der Waals surface area (Å²) in [5.41, 5.74) is 4.61. The van der Waals surface area contributed by atoms with Crippen molar-refractivity contribution in [3.05, 3.63) is 78.1 Å². The molecule has 3 aromatic rings. The van der Waals surface area contributed by atoms with E-state index in [0.29, 0.717) is 12.5 Å². The van der Waals surface area contributed by atoms with Gasteiger partial charge in [-0.05, 0) is 54.9 Å². The Balaban J connectivity index is 1.57. The fraction of sp³-hybridized carbons (Fsp3) is 0.346. The third kappa shape index (κ3) is 5.63. The van der Waals surface area contributed by atoms with Crippen LogP contribution in [0.4, 0.5) is 0 Å². The second-order valence-electron chi connectivity index (χ2n) is 8.09. The molecule has 4 rings (SSSR count). The highest BCUT2D eigenvalue weighted by atomic mass is 16.5. The van der Waals surface area contributed by atoms with Crippen molar-refractivity contribution >= 4 is 0 Å². The van der Waals surface area contributed by atoms with Crippen molar-refractivity contribution in [1.29, 1.82) is 0 Å². The number of ether oxygens (including phenoxy) is 3. The quantitative estimate of drug-likeness (QED) is 0.499. The Kier molecular flexibility index (Phi) is 7.18. The number of aromatic nitrogens is 1. The second kappa shape index (κ2) is 10.4. The van der Waals surface area contributed by atoms with Crippen LogP contribution >= 0.6 is 0 Å². The summed E-state index contributed by atoms with van der Waals surface area (Å²) < 4.78 is 17.4. The fourth-order valence-electron chi connectivity index (χ4n) is 3.96. The maximum absolute atomic E-state index is 6.27. The summed E-state index contributed by atoms with van der Waals surface area (Å²) in [6.07, 6.45) is 4.74. The Morgan fingerprint density at radius 1 is 1.03 bits per heavy atom. The molecule has 0 amide bonds. The minimum atomic E-state index is 0.469. The maximum Gasteiger partial charge on any atom is 0.126 e. The summed E-state index contributed by atoms with van der Waals surface area (Å²) in [5.74, 6) is 2.28. The van der Waals surface area contributed by atoms with Crippen LogP contribution < -0.4 is 9.47 Å². The zero-order valence-electron chi connectivity index (χ0n) is 18.3. The molecule has 31 heavy (non-hydrogen) atoms. The molecule has 0 N–H and O–H groups in total. The van der Waals surface area contributed by atoms with Gasteiger partial charge >= 0.3 is 0 Å². The predicted molar refractivity (Wildman–Crippen MR) is 122 cm³/mol. The van der Waals surface area contributed by atoms with Crippen molar-refractivity contribution in [2.75, 3.05) is 34.0 Å². The van der Waals surface area contributed by atoms with E-state index in [4.69, 9.17) is 14.2 Å². The van der Waals surface area contributed by atoms with E-state index in [9.17, 15) is 0 Å². The molecule has 162 valence electrons. The molecule has 5 heteroatoms. The van der Waals surface area contributed by atoms with E-state index in [0.717, 1.165) is 55.4 Å². The molecular formula is C26H30N2O3. The number of pyridine rings is 1. The largest absolute Gasteiger partial charge is 0.496 e. The average Bonchev–Trinajstić information content (AvgIpc) is 3.32. The molecule has 0 bridgehead atoms. The van der Waals surface area contributed by atoms with Crippen molar-refractivity contribution in [3.8, 4) is 22.6 Å². The number of para-hydroxylation sites is 1.